The third-order valence-corrected chi connectivity index (χ3v) is 3.22. The van der Waals surface area contributed by atoms with E-state index in [4.69, 9.17) is 0 Å². The molecule has 1 amide bonds. The number of nitrogens with one attached hydrogen (secondary N) is 1. The molecule has 0 saturated heterocycles. The van der Waals surface area contributed by atoms with E-state index in [1.54, 1.807) is 6.92 Å². The molecule has 1 aliphatic heterocycles. The number of carbonyl (C=O) groups excluding carboxylic acids is 1. The number of nitriles is 1. The minimum absolute atomic E-state index is 0.123. The molecule has 1 N–H and O–H groups in total. The van der Waals surface area contributed by atoms with Gasteiger partial charge in [-0.25, -0.2) is 0 Å². The summed E-state index contributed by atoms with van der Waals surface area (Å²) in [5.41, 5.74) is 4.62. The van der Waals surface area contributed by atoms with Crippen molar-refractivity contribution in [3.05, 3.63) is 52.2 Å². The second kappa shape index (κ2) is 4.50. The van der Waals surface area contributed by atoms with E-state index in [0.717, 1.165) is 16.7 Å². The SMILES string of the molecule is CC1=C(C)/C(=C(\C#N)c2ccc(C)cc2)NC1=O. The van der Waals surface area contributed by atoms with Crippen molar-refractivity contribution in [2.75, 3.05) is 0 Å². The van der Waals surface area contributed by atoms with Crippen LogP contribution in [0.4, 0.5) is 0 Å². The first kappa shape index (κ1) is 12.1. The van der Waals surface area contributed by atoms with Gasteiger partial charge in [-0.1, -0.05) is 29.8 Å². The van der Waals surface area contributed by atoms with Crippen LogP contribution < -0.4 is 5.32 Å². The van der Waals surface area contributed by atoms with E-state index < -0.39 is 0 Å². The van der Waals surface area contributed by atoms with Crippen molar-refractivity contribution in [2.24, 2.45) is 0 Å². The Morgan fingerprint density at radius 2 is 1.72 bits per heavy atom. The zero-order chi connectivity index (χ0) is 13.3. The maximum atomic E-state index is 11.6. The van der Waals surface area contributed by atoms with Crippen molar-refractivity contribution in [3.8, 4) is 6.07 Å². The molecule has 1 aromatic rings. The zero-order valence-electron chi connectivity index (χ0n) is 10.7. The summed E-state index contributed by atoms with van der Waals surface area (Å²) >= 11 is 0. The summed E-state index contributed by atoms with van der Waals surface area (Å²) in [4.78, 5) is 11.6. The fourth-order valence-corrected chi connectivity index (χ4v) is 1.89. The van der Waals surface area contributed by atoms with Crippen LogP contribution in [0.1, 0.15) is 25.0 Å². The van der Waals surface area contributed by atoms with Gasteiger partial charge in [0.05, 0.1) is 11.3 Å². The second-order valence-electron chi connectivity index (χ2n) is 4.43. The lowest BCUT2D eigenvalue weighted by Crippen LogP contribution is -2.16. The maximum absolute atomic E-state index is 11.6. The largest absolute Gasteiger partial charge is 0.321 e. The summed E-state index contributed by atoms with van der Waals surface area (Å²) in [5, 5.41) is 12.1. The Labute approximate surface area is 106 Å². The number of nitrogens with zero attached hydrogens (tertiary/aromatic N) is 1. The van der Waals surface area contributed by atoms with Crippen LogP contribution >= 0.6 is 0 Å². The van der Waals surface area contributed by atoms with Crippen molar-refractivity contribution in [1.29, 1.82) is 5.26 Å². The molecule has 0 spiro atoms. The highest BCUT2D eigenvalue weighted by atomic mass is 16.1. The van der Waals surface area contributed by atoms with Gasteiger partial charge in [0.2, 0.25) is 0 Å². The molecule has 0 unspecified atom stereocenters. The van der Waals surface area contributed by atoms with Crippen molar-refractivity contribution < 1.29 is 4.79 Å². The Kier molecular flexibility index (Phi) is 3.03. The van der Waals surface area contributed by atoms with Crippen LogP contribution in [0, 0.1) is 18.3 Å². The molecule has 0 aliphatic carbocycles. The van der Waals surface area contributed by atoms with Crippen LogP contribution in [0.2, 0.25) is 0 Å². The third kappa shape index (κ3) is 1.93. The van der Waals surface area contributed by atoms with Crippen molar-refractivity contribution in [3.63, 3.8) is 0 Å². The van der Waals surface area contributed by atoms with Crippen molar-refractivity contribution in [2.45, 2.75) is 20.8 Å². The van der Waals surface area contributed by atoms with Crippen LogP contribution in [-0.4, -0.2) is 5.91 Å². The van der Waals surface area contributed by atoms with Gasteiger partial charge in [-0.2, -0.15) is 5.26 Å². The summed E-state index contributed by atoms with van der Waals surface area (Å²) in [6.07, 6.45) is 0. The van der Waals surface area contributed by atoms with Crippen LogP contribution in [0.25, 0.3) is 5.57 Å². The predicted octanol–water partition coefficient (Wildman–Crippen LogP) is 2.70. The molecule has 0 fully saturated rings. The van der Waals surface area contributed by atoms with Crippen molar-refractivity contribution in [1.82, 2.24) is 5.32 Å². The predicted molar refractivity (Wildman–Crippen MR) is 70.2 cm³/mol. The van der Waals surface area contributed by atoms with Gasteiger partial charge in [0.1, 0.15) is 6.07 Å². The summed E-state index contributed by atoms with van der Waals surface area (Å²) in [6.45, 7) is 5.62. The quantitative estimate of drug-likeness (QED) is 0.765. The van der Waals surface area contributed by atoms with E-state index in [9.17, 15) is 10.1 Å². The average molecular weight is 238 g/mol. The summed E-state index contributed by atoms with van der Waals surface area (Å²) < 4.78 is 0. The Morgan fingerprint density at radius 3 is 2.17 bits per heavy atom. The summed E-state index contributed by atoms with van der Waals surface area (Å²) in [6, 6.07) is 9.88. The number of hydrogen-bond donors (Lipinski definition) is 1. The fraction of sp³-hybridized carbons (Fsp3) is 0.200. The van der Waals surface area contributed by atoms with Gasteiger partial charge in [-0.15, -0.1) is 0 Å². The Morgan fingerprint density at radius 1 is 1.11 bits per heavy atom. The van der Waals surface area contributed by atoms with Gasteiger partial charge in [0.25, 0.3) is 5.91 Å². The van der Waals surface area contributed by atoms with Crippen LogP contribution in [0.5, 0.6) is 0 Å². The van der Waals surface area contributed by atoms with Gasteiger partial charge in [0.15, 0.2) is 0 Å². The molecule has 3 heteroatoms. The molecule has 18 heavy (non-hydrogen) atoms. The van der Waals surface area contributed by atoms with Crippen LogP contribution in [0.15, 0.2) is 41.1 Å². The molecule has 3 nitrogen and oxygen atoms in total. The molecule has 90 valence electrons. The summed E-state index contributed by atoms with van der Waals surface area (Å²) in [5.74, 6) is -0.123. The van der Waals surface area contributed by atoms with E-state index >= 15 is 0 Å². The minimum atomic E-state index is -0.123. The van der Waals surface area contributed by atoms with Gasteiger partial charge >= 0.3 is 0 Å². The lowest BCUT2D eigenvalue weighted by atomic mass is 10.0. The Bertz CT molecular complexity index is 613. The van der Waals surface area contributed by atoms with E-state index in [0.29, 0.717) is 16.8 Å². The molecule has 0 radical (unpaired) electrons. The molecule has 1 aromatic carbocycles. The monoisotopic (exact) mass is 238 g/mol. The molecule has 0 saturated carbocycles. The van der Waals surface area contributed by atoms with Gasteiger partial charge < -0.3 is 5.32 Å². The lowest BCUT2D eigenvalue weighted by molar-refractivity contribution is -0.116. The second-order valence-corrected chi connectivity index (χ2v) is 4.43. The average Bonchev–Trinajstić information content (AvgIpc) is 2.61. The maximum Gasteiger partial charge on any atom is 0.251 e. The highest BCUT2D eigenvalue weighted by Gasteiger charge is 2.24. The molecular weight excluding hydrogens is 224 g/mol. The third-order valence-electron chi connectivity index (χ3n) is 3.22. The molecule has 0 bridgehead atoms. The van der Waals surface area contributed by atoms with Crippen LogP contribution in [-0.2, 0) is 4.79 Å². The Hall–Kier alpha value is -2.34. The van der Waals surface area contributed by atoms with E-state index in [1.807, 2.05) is 38.1 Å². The van der Waals surface area contributed by atoms with E-state index in [1.165, 1.54) is 0 Å². The Balaban J connectivity index is 2.57. The number of aryl methyl sites for hydroxylation is 1. The smallest absolute Gasteiger partial charge is 0.251 e. The molecular formula is C15H14N2O. The zero-order valence-corrected chi connectivity index (χ0v) is 10.7. The number of amides is 1. The molecule has 1 aliphatic rings. The van der Waals surface area contributed by atoms with E-state index in [2.05, 4.69) is 11.4 Å². The normalized spacial score (nSPS) is 17.6. The highest BCUT2D eigenvalue weighted by Crippen LogP contribution is 2.27. The van der Waals surface area contributed by atoms with Gasteiger partial charge in [0, 0.05) is 5.57 Å². The summed E-state index contributed by atoms with van der Waals surface area (Å²) in [7, 11) is 0. The molecule has 1 heterocycles. The first-order valence-corrected chi connectivity index (χ1v) is 5.75. The number of benzene rings is 1. The van der Waals surface area contributed by atoms with Gasteiger partial charge in [-0.3, -0.25) is 4.79 Å². The van der Waals surface area contributed by atoms with E-state index in [-0.39, 0.29) is 5.91 Å². The first-order chi connectivity index (χ1) is 8.54. The number of rotatable bonds is 1. The molecule has 2 rings (SSSR count). The number of carbonyl (C=O) groups is 1. The standard InChI is InChI=1S/C15H14N2O/c1-9-4-6-12(7-5-9)13(8-16)14-10(2)11(3)15(18)17-14/h4-7H,1-3H3,(H,17,18)/b14-13-. The van der Waals surface area contributed by atoms with Gasteiger partial charge in [-0.05, 0) is 31.9 Å². The minimum Gasteiger partial charge on any atom is -0.321 e. The van der Waals surface area contributed by atoms with Crippen LogP contribution in [0.3, 0.4) is 0 Å². The number of allylic oxidation sites excluding steroid dienone is 2. The fourth-order valence-electron chi connectivity index (χ4n) is 1.89. The highest BCUT2D eigenvalue weighted by molar-refractivity contribution is 6.02. The number of hydrogen-bond acceptors (Lipinski definition) is 2. The molecule has 0 aromatic heterocycles. The first-order valence-electron chi connectivity index (χ1n) is 5.75. The topological polar surface area (TPSA) is 52.9 Å². The lowest BCUT2D eigenvalue weighted by Gasteiger charge is -2.06. The molecule has 0 atom stereocenters. The van der Waals surface area contributed by atoms with Crippen molar-refractivity contribution >= 4 is 11.5 Å².